The third-order valence-electron chi connectivity index (χ3n) is 2.77. The number of hydrogen-bond acceptors (Lipinski definition) is 4. The van der Waals surface area contributed by atoms with Crippen LogP contribution in [0.2, 0.25) is 5.02 Å². The summed E-state index contributed by atoms with van der Waals surface area (Å²) in [5, 5.41) is 8.92. The van der Waals surface area contributed by atoms with E-state index in [1.165, 1.54) is 6.92 Å². The van der Waals surface area contributed by atoms with Crippen LogP contribution >= 0.6 is 11.6 Å². The molecule has 1 aromatic carbocycles. The molecule has 1 aliphatic rings. The number of benzene rings is 1. The molecule has 20 heavy (non-hydrogen) atoms. The van der Waals surface area contributed by atoms with Gasteiger partial charge in [0.2, 0.25) is 5.91 Å². The Kier molecular flexibility index (Phi) is 4.94. The van der Waals surface area contributed by atoms with Crippen molar-refractivity contribution in [3.63, 3.8) is 0 Å². The van der Waals surface area contributed by atoms with E-state index in [1.807, 2.05) is 0 Å². The molecule has 2 amide bonds. The first kappa shape index (κ1) is 14.8. The third-order valence-corrected chi connectivity index (χ3v) is 3.01. The molecule has 0 saturated carbocycles. The van der Waals surface area contributed by atoms with Gasteiger partial charge in [-0.1, -0.05) is 11.6 Å². The van der Waals surface area contributed by atoms with Gasteiger partial charge in [0.15, 0.2) is 0 Å². The summed E-state index contributed by atoms with van der Waals surface area (Å²) in [5.74, 6) is -0.496. The Morgan fingerprint density at radius 3 is 2.80 bits per heavy atom. The minimum Gasteiger partial charge on any atom is -0.366 e. The fourth-order valence-corrected chi connectivity index (χ4v) is 2.04. The minimum atomic E-state index is -0.537. The summed E-state index contributed by atoms with van der Waals surface area (Å²) in [4.78, 5) is 23.2. The first-order chi connectivity index (χ1) is 9.56. The number of morpholine rings is 1. The summed E-state index contributed by atoms with van der Waals surface area (Å²) < 4.78 is 5.37. The number of ether oxygens (including phenoxy) is 1. The third kappa shape index (κ3) is 3.93. The van der Waals surface area contributed by atoms with Crippen molar-refractivity contribution in [2.75, 3.05) is 30.3 Å². The second kappa shape index (κ2) is 6.69. The smallest absolute Gasteiger partial charge is 0.254 e. The van der Waals surface area contributed by atoms with E-state index in [4.69, 9.17) is 16.3 Å². The summed E-state index contributed by atoms with van der Waals surface area (Å²) >= 11 is 5.89. The number of amides is 2. The molecular weight excluding hydrogens is 282 g/mol. The zero-order valence-corrected chi connectivity index (χ0v) is 11.8. The highest BCUT2D eigenvalue weighted by atomic mass is 35.5. The lowest BCUT2D eigenvalue weighted by atomic mass is 10.2. The van der Waals surface area contributed by atoms with Crippen molar-refractivity contribution in [3.05, 3.63) is 23.2 Å². The highest BCUT2D eigenvalue weighted by molar-refractivity contribution is 6.31. The maximum absolute atomic E-state index is 12.1. The molecule has 1 fully saturated rings. The lowest BCUT2D eigenvalue weighted by molar-refractivity contribution is -0.128. The Bertz CT molecular complexity index is 516. The molecule has 7 heteroatoms. The number of nitrogens with one attached hydrogen (secondary N) is 3. The second-order valence-corrected chi connectivity index (χ2v) is 4.86. The van der Waals surface area contributed by atoms with Crippen LogP contribution in [0, 0.1) is 0 Å². The van der Waals surface area contributed by atoms with Gasteiger partial charge in [-0.25, -0.2) is 0 Å². The van der Waals surface area contributed by atoms with Crippen molar-refractivity contribution in [1.29, 1.82) is 0 Å². The quantitative estimate of drug-likeness (QED) is 0.784. The van der Waals surface area contributed by atoms with Crippen LogP contribution in [0.1, 0.15) is 6.92 Å². The molecule has 3 N–H and O–H groups in total. The molecule has 1 atom stereocenters. The second-order valence-electron chi connectivity index (χ2n) is 4.42. The van der Waals surface area contributed by atoms with E-state index in [0.29, 0.717) is 29.5 Å². The van der Waals surface area contributed by atoms with Crippen LogP contribution in [0.25, 0.3) is 0 Å². The van der Waals surface area contributed by atoms with Crippen molar-refractivity contribution < 1.29 is 14.3 Å². The summed E-state index contributed by atoms with van der Waals surface area (Å²) in [6, 6.07) is 4.86. The Morgan fingerprint density at radius 2 is 2.15 bits per heavy atom. The average molecular weight is 298 g/mol. The number of anilines is 2. The van der Waals surface area contributed by atoms with E-state index in [-0.39, 0.29) is 11.8 Å². The van der Waals surface area contributed by atoms with Crippen LogP contribution in [0.4, 0.5) is 11.4 Å². The van der Waals surface area contributed by atoms with Crippen molar-refractivity contribution in [3.8, 4) is 0 Å². The van der Waals surface area contributed by atoms with Gasteiger partial charge < -0.3 is 20.7 Å². The van der Waals surface area contributed by atoms with E-state index in [0.717, 1.165) is 6.54 Å². The SMILES string of the molecule is CC(=O)Nc1cc(Cl)ccc1NC(=O)C1CNCCO1. The van der Waals surface area contributed by atoms with Gasteiger partial charge in [0.1, 0.15) is 6.10 Å². The monoisotopic (exact) mass is 297 g/mol. The van der Waals surface area contributed by atoms with E-state index >= 15 is 0 Å². The zero-order chi connectivity index (χ0) is 14.5. The van der Waals surface area contributed by atoms with E-state index in [9.17, 15) is 9.59 Å². The summed E-state index contributed by atoms with van der Waals surface area (Å²) in [7, 11) is 0. The molecule has 6 nitrogen and oxygen atoms in total. The van der Waals surface area contributed by atoms with Crippen LogP contribution < -0.4 is 16.0 Å². The van der Waals surface area contributed by atoms with Crippen molar-refractivity contribution in [2.45, 2.75) is 13.0 Å². The first-order valence-corrected chi connectivity index (χ1v) is 6.64. The molecular formula is C13H16ClN3O3. The molecule has 1 heterocycles. The lowest BCUT2D eigenvalue weighted by Crippen LogP contribution is -2.45. The van der Waals surface area contributed by atoms with Gasteiger partial charge in [-0.2, -0.15) is 0 Å². The number of rotatable bonds is 3. The van der Waals surface area contributed by atoms with Crippen molar-refractivity contribution in [1.82, 2.24) is 5.32 Å². The Hall–Kier alpha value is -1.63. The lowest BCUT2D eigenvalue weighted by Gasteiger charge is -2.23. The fraction of sp³-hybridized carbons (Fsp3) is 0.385. The van der Waals surface area contributed by atoms with Gasteiger partial charge in [-0.15, -0.1) is 0 Å². The molecule has 0 bridgehead atoms. The normalized spacial score (nSPS) is 18.4. The molecule has 0 spiro atoms. The largest absolute Gasteiger partial charge is 0.366 e. The van der Waals surface area contributed by atoms with E-state index < -0.39 is 6.10 Å². The van der Waals surface area contributed by atoms with Gasteiger partial charge in [0, 0.05) is 25.0 Å². The number of halogens is 1. The number of carbonyl (C=O) groups is 2. The van der Waals surface area contributed by atoms with E-state index in [1.54, 1.807) is 18.2 Å². The van der Waals surface area contributed by atoms with Crippen LogP contribution in [0.3, 0.4) is 0 Å². The number of hydrogen-bond donors (Lipinski definition) is 3. The molecule has 0 aromatic heterocycles. The maximum Gasteiger partial charge on any atom is 0.254 e. The Balaban J connectivity index is 2.11. The van der Waals surface area contributed by atoms with Gasteiger partial charge in [-0.3, -0.25) is 9.59 Å². The van der Waals surface area contributed by atoms with Crippen LogP contribution in [-0.2, 0) is 14.3 Å². The van der Waals surface area contributed by atoms with E-state index in [2.05, 4.69) is 16.0 Å². The van der Waals surface area contributed by atoms with Crippen molar-refractivity contribution >= 4 is 34.8 Å². The Morgan fingerprint density at radius 1 is 1.35 bits per heavy atom. The van der Waals surface area contributed by atoms with Gasteiger partial charge >= 0.3 is 0 Å². The molecule has 1 saturated heterocycles. The molecule has 108 valence electrons. The fourth-order valence-electron chi connectivity index (χ4n) is 1.87. The highest BCUT2D eigenvalue weighted by Gasteiger charge is 2.22. The van der Waals surface area contributed by atoms with Crippen molar-refractivity contribution in [2.24, 2.45) is 0 Å². The Labute approximate surface area is 121 Å². The molecule has 0 radical (unpaired) electrons. The molecule has 1 unspecified atom stereocenters. The molecule has 1 aliphatic heterocycles. The van der Waals surface area contributed by atoms with Crippen LogP contribution in [-0.4, -0.2) is 37.6 Å². The molecule has 1 aromatic rings. The van der Waals surface area contributed by atoms with Gasteiger partial charge in [0.05, 0.1) is 18.0 Å². The maximum atomic E-state index is 12.1. The topological polar surface area (TPSA) is 79.5 Å². The summed E-state index contributed by atoms with van der Waals surface area (Å²) in [6.45, 7) is 3.09. The number of carbonyl (C=O) groups excluding carboxylic acids is 2. The predicted octanol–water partition coefficient (Wildman–Crippen LogP) is 1.23. The van der Waals surface area contributed by atoms with Crippen LogP contribution in [0.15, 0.2) is 18.2 Å². The highest BCUT2D eigenvalue weighted by Crippen LogP contribution is 2.26. The van der Waals surface area contributed by atoms with Gasteiger partial charge in [0.25, 0.3) is 5.91 Å². The zero-order valence-electron chi connectivity index (χ0n) is 11.0. The van der Waals surface area contributed by atoms with Gasteiger partial charge in [-0.05, 0) is 18.2 Å². The first-order valence-electron chi connectivity index (χ1n) is 6.26. The van der Waals surface area contributed by atoms with Crippen LogP contribution in [0.5, 0.6) is 0 Å². The minimum absolute atomic E-state index is 0.238. The summed E-state index contributed by atoms with van der Waals surface area (Å²) in [6.07, 6.45) is -0.537. The predicted molar refractivity (Wildman–Crippen MR) is 77.0 cm³/mol. The molecule has 2 rings (SSSR count). The average Bonchev–Trinajstić information content (AvgIpc) is 2.42. The summed E-state index contributed by atoms with van der Waals surface area (Å²) in [5.41, 5.74) is 0.950. The standard InChI is InChI=1S/C13H16ClN3O3/c1-8(18)16-11-6-9(14)2-3-10(11)17-13(19)12-7-15-4-5-20-12/h2-3,6,12,15H,4-5,7H2,1H3,(H,16,18)(H,17,19). The molecule has 0 aliphatic carbocycles.